The molecule has 1 aromatic carbocycles. The highest BCUT2D eigenvalue weighted by atomic mass is 32.2. The van der Waals surface area contributed by atoms with Crippen molar-refractivity contribution < 1.29 is 8.42 Å². The number of nitrogens with zero attached hydrogens (tertiary/aromatic N) is 4. The molecule has 0 atom stereocenters. The van der Waals surface area contributed by atoms with E-state index in [1.165, 1.54) is 10.9 Å². The van der Waals surface area contributed by atoms with Gasteiger partial charge < -0.3 is 0 Å². The molecular weight excluding hydrogens is 326 g/mol. The Kier molecular flexibility index (Phi) is 4.06. The Bertz CT molecular complexity index is 978. The third-order valence-electron chi connectivity index (χ3n) is 3.67. The molecule has 0 saturated carbocycles. The van der Waals surface area contributed by atoms with Gasteiger partial charge >= 0.3 is 0 Å². The van der Waals surface area contributed by atoms with E-state index in [9.17, 15) is 8.42 Å². The van der Waals surface area contributed by atoms with E-state index in [-0.39, 0.29) is 4.90 Å². The number of benzene rings is 1. The van der Waals surface area contributed by atoms with Crippen molar-refractivity contribution in [3.05, 3.63) is 59.4 Å². The van der Waals surface area contributed by atoms with Crippen LogP contribution in [0.1, 0.15) is 16.8 Å². The summed E-state index contributed by atoms with van der Waals surface area (Å²) >= 11 is 0. The molecule has 0 aliphatic rings. The minimum Gasteiger partial charge on any atom is -0.263 e. The van der Waals surface area contributed by atoms with E-state index in [1.54, 1.807) is 36.4 Å². The SMILES string of the molecule is Cc1ccc(-n2nccc2NS(=O)(=O)c2ccc(C)c(C)c2)nn1. The van der Waals surface area contributed by atoms with Gasteiger partial charge in [-0.1, -0.05) is 6.07 Å². The molecular formula is C16H17N5O2S. The number of aromatic nitrogens is 4. The standard InChI is InChI=1S/C16H17N5O2S/c1-11-4-6-14(10-12(11)2)24(22,23)20-16-8-9-17-21(16)15-7-5-13(3)18-19-15/h4-10,20H,1-3H3. The average Bonchev–Trinajstić information content (AvgIpc) is 2.98. The van der Waals surface area contributed by atoms with Gasteiger partial charge in [0.05, 0.1) is 16.8 Å². The molecule has 1 N–H and O–H groups in total. The normalized spacial score (nSPS) is 11.5. The third-order valence-corrected chi connectivity index (χ3v) is 5.02. The second kappa shape index (κ2) is 6.04. The van der Waals surface area contributed by atoms with Crippen LogP contribution in [-0.4, -0.2) is 28.4 Å². The largest absolute Gasteiger partial charge is 0.263 e. The van der Waals surface area contributed by atoms with Crippen molar-refractivity contribution in [1.29, 1.82) is 0 Å². The second-order valence-electron chi connectivity index (χ2n) is 5.51. The van der Waals surface area contributed by atoms with Crippen LogP contribution in [0.3, 0.4) is 0 Å². The molecule has 0 aliphatic carbocycles. The van der Waals surface area contributed by atoms with Gasteiger partial charge in [-0.2, -0.15) is 14.9 Å². The molecule has 124 valence electrons. The van der Waals surface area contributed by atoms with Crippen LogP contribution in [0.5, 0.6) is 0 Å². The summed E-state index contributed by atoms with van der Waals surface area (Å²) in [6.07, 6.45) is 1.50. The maximum atomic E-state index is 12.6. The van der Waals surface area contributed by atoms with E-state index in [2.05, 4.69) is 20.0 Å². The first-order valence-electron chi connectivity index (χ1n) is 7.31. The molecule has 2 heterocycles. The van der Waals surface area contributed by atoms with Gasteiger partial charge in [0.25, 0.3) is 10.0 Å². The first kappa shape index (κ1) is 16.1. The predicted molar refractivity (Wildman–Crippen MR) is 90.6 cm³/mol. The number of anilines is 1. The van der Waals surface area contributed by atoms with Crippen LogP contribution in [0.4, 0.5) is 5.82 Å². The molecule has 0 aliphatic heterocycles. The van der Waals surface area contributed by atoms with Gasteiger partial charge in [0.2, 0.25) is 0 Å². The van der Waals surface area contributed by atoms with E-state index in [0.717, 1.165) is 16.8 Å². The fourth-order valence-electron chi connectivity index (χ4n) is 2.15. The average molecular weight is 343 g/mol. The fourth-order valence-corrected chi connectivity index (χ4v) is 3.27. The highest BCUT2D eigenvalue weighted by Gasteiger charge is 2.18. The highest BCUT2D eigenvalue weighted by molar-refractivity contribution is 7.92. The molecule has 0 radical (unpaired) electrons. The van der Waals surface area contributed by atoms with E-state index >= 15 is 0 Å². The Morgan fingerprint density at radius 1 is 0.958 bits per heavy atom. The summed E-state index contributed by atoms with van der Waals surface area (Å²) in [5.74, 6) is 0.731. The molecule has 0 amide bonds. The van der Waals surface area contributed by atoms with Crippen molar-refractivity contribution in [2.24, 2.45) is 0 Å². The van der Waals surface area contributed by atoms with E-state index in [1.807, 2.05) is 20.8 Å². The van der Waals surface area contributed by atoms with Crippen molar-refractivity contribution in [2.45, 2.75) is 25.7 Å². The Balaban J connectivity index is 1.95. The van der Waals surface area contributed by atoms with Gasteiger partial charge in [-0.05, 0) is 56.2 Å². The molecule has 8 heteroatoms. The highest BCUT2D eigenvalue weighted by Crippen LogP contribution is 2.20. The topological polar surface area (TPSA) is 89.8 Å². The van der Waals surface area contributed by atoms with Crippen molar-refractivity contribution in [3.8, 4) is 5.82 Å². The lowest BCUT2D eigenvalue weighted by Gasteiger charge is -2.11. The van der Waals surface area contributed by atoms with Gasteiger partial charge in [0, 0.05) is 6.07 Å². The number of hydrogen-bond acceptors (Lipinski definition) is 5. The third kappa shape index (κ3) is 3.13. The molecule has 3 rings (SSSR count). The fraction of sp³-hybridized carbons (Fsp3) is 0.188. The van der Waals surface area contributed by atoms with Gasteiger partial charge in [0.1, 0.15) is 5.82 Å². The smallest absolute Gasteiger partial charge is 0.263 e. The van der Waals surface area contributed by atoms with Crippen LogP contribution in [0, 0.1) is 20.8 Å². The van der Waals surface area contributed by atoms with Crippen LogP contribution in [0.25, 0.3) is 5.82 Å². The van der Waals surface area contributed by atoms with Crippen molar-refractivity contribution in [3.63, 3.8) is 0 Å². The molecule has 0 spiro atoms. The van der Waals surface area contributed by atoms with Gasteiger partial charge in [-0.3, -0.25) is 4.72 Å². The lowest BCUT2D eigenvalue weighted by Crippen LogP contribution is -2.16. The lowest BCUT2D eigenvalue weighted by molar-refractivity contribution is 0.600. The summed E-state index contributed by atoms with van der Waals surface area (Å²) in [6, 6.07) is 10.1. The molecule has 24 heavy (non-hydrogen) atoms. The van der Waals surface area contributed by atoms with Crippen molar-refractivity contribution in [1.82, 2.24) is 20.0 Å². The lowest BCUT2D eigenvalue weighted by atomic mass is 10.1. The van der Waals surface area contributed by atoms with Gasteiger partial charge in [0.15, 0.2) is 5.82 Å². The number of aryl methyl sites for hydroxylation is 3. The molecule has 2 aromatic heterocycles. The summed E-state index contributed by atoms with van der Waals surface area (Å²) in [5, 5.41) is 12.1. The molecule has 0 saturated heterocycles. The minimum atomic E-state index is -3.72. The molecule has 3 aromatic rings. The Hall–Kier alpha value is -2.74. The maximum Gasteiger partial charge on any atom is 0.263 e. The summed E-state index contributed by atoms with van der Waals surface area (Å²) in [6.45, 7) is 5.63. The van der Waals surface area contributed by atoms with E-state index in [4.69, 9.17) is 0 Å². The zero-order valence-electron chi connectivity index (χ0n) is 13.6. The van der Waals surface area contributed by atoms with E-state index in [0.29, 0.717) is 11.6 Å². The first-order valence-corrected chi connectivity index (χ1v) is 8.80. The van der Waals surface area contributed by atoms with Crippen LogP contribution in [0.2, 0.25) is 0 Å². The molecule has 7 nitrogen and oxygen atoms in total. The second-order valence-corrected chi connectivity index (χ2v) is 7.20. The van der Waals surface area contributed by atoms with Gasteiger partial charge in [-0.15, -0.1) is 5.10 Å². The number of hydrogen-bond donors (Lipinski definition) is 1. The van der Waals surface area contributed by atoms with Crippen LogP contribution < -0.4 is 4.72 Å². The molecule has 0 bridgehead atoms. The quantitative estimate of drug-likeness (QED) is 0.785. The van der Waals surface area contributed by atoms with Crippen molar-refractivity contribution >= 4 is 15.8 Å². The Morgan fingerprint density at radius 2 is 1.75 bits per heavy atom. The zero-order chi connectivity index (χ0) is 17.3. The summed E-state index contributed by atoms with van der Waals surface area (Å²) in [5.41, 5.74) is 2.72. The number of sulfonamides is 1. The van der Waals surface area contributed by atoms with E-state index < -0.39 is 10.0 Å². The maximum absolute atomic E-state index is 12.6. The Morgan fingerprint density at radius 3 is 2.42 bits per heavy atom. The monoisotopic (exact) mass is 343 g/mol. The van der Waals surface area contributed by atoms with Crippen molar-refractivity contribution in [2.75, 3.05) is 4.72 Å². The van der Waals surface area contributed by atoms with Crippen LogP contribution in [-0.2, 0) is 10.0 Å². The first-order chi connectivity index (χ1) is 11.4. The van der Waals surface area contributed by atoms with Crippen LogP contribution >= 0.6 is 0 Å². The number of rotatable bonds is 4. The summed E-state index contributed by atoms with van der Waals surface area (Å²) in [7, 11) is -3.72. The minimum absolute atomic E-state index is 0.202. The summed E-state index contributed by atoms with van der Waals surface area (Å²) < 4.78 is 29.2. The zero-order valence-corrected chi connectivity index (χ0v) is 14.4. The number of nitrogens with one attached hydrogen (secondary N) is 1. The summed E-state index contributed by atoms with van der Waals surface area (Å²) in [4.78, 5) is 0.202. The molecule has 0 unspecified atom stereocenters. The predicted octanol–water partition coefficient (Wildman–Crippen LogP) is 2.39. The molecule has 0 fully saturated rings. The van der Waals surface area contributed by atoms with Crippen LogP contribution in [0.15, 0.2) is 47.5 Å². The van der Waals surface area contributed by atoms with Gasteiger partial charge in [-0.25, -0.2) is 8.42 Å². The Labute approximate surface area is 140 Å².